The van der Waals surface area contributed by atoms with Gasteiger partial charge in [-0.3, -0.25) is 16.1 Å². The van der Waals surface area contributed by atoms with E-state index in [1.807, 2.05) is 0 Å². The Balaban J connectivity index is 2.03. The van der Waals surface area contributed by atoms with E-state index in [1.54, 1.807) is 5.48 Å². The van der Waals surface area contributed by atoms with Crippen molar-refractivity contribution in [1.29, 1.82) is 5.41 Å². The van der Waals surface area contributed by atoms with Gasteiger partial charge in [0.15, 0.2) is 5.69 Å². The lowest BCUT2D eigenvalue weighted by Gasteiger charge is -2.21. The first-order valence-electron chi connectivity index (χ1n) is 8.05. The van der Waals surface area contributed by atoms with Gasteiger partial charge in [0.25, 0.3) is 0 Å². The molecule has 0 fully saturated rings. The molecule has 1 unspecified atom stereocenters. The first kappa shape index (κ1) is 22.9. The van der Waals surface area contributed by atoms with Crippen LogP contribution in [0.5, 0.6) is 0 Å². The predicted molar refractivity (Wildman–Crippen MR) is 109 cm³/mol. The second kappa shape index (κ2) is 11.0. The highest BCUT2D eigenvalue weighted by atomic mass is 79.9. The zero-order chi connectivity index (χ0) is 21.4. The number of hydrogen-bond donors (Lipinski definition) is 6. The van der Waals surface area contributed by atoms with E-state index in [0.29, 0.717) is 5.69 Å². The summed E-state index contributed by atoms with van der Waals surface area (Å²) < 4.78 is 31.5. The molecule has 1 aromatic heterocycles. The van der Waals surface area contributed by atoms with E-state index in [-0.39, 0.29) is 47.2 Å². The van der Waals surface area contributed by atoms with Crippen molar-refractivity contribution in [2.75, 3.05) is 36.5 Å². The van der Waals surface area contributed by atoms with Gasteiger partial charge in [-0.1, -0.05) is 0 Å². The predicted octanol–water partition coefficient (Wildman–Crippen LogP) is 1.90. The highest BCUT2D eigenvalue weighted by Crippen LogP contribution is 2.25. The van der Waals surface area contributed by atoms with Gasteiger partial charge in [-0.2, -0.15) is 0 Å². The van der Waals surface area contributed by atoms with Gasteiger partial charge in [-0.25, -0.2) is 9.02 Å². The Labute approximate surface area is 176 Å². The molecule has 0 spiro atoms. The first-order chi connectivity index (χ1) is 13.8. The van der Waals surface area contributed by atoms with Crippen LogP contribution in [-0.2, 0) is 11.4 Å². The molecule has 0 aliphatic carbocycles. The normalized spacial score (nSPS) is 12.7. The summed E-state index contributed by atoms with van der Waals surface area (Å²) in [7, 11) is 0. The van der Waals surface area contributed by atoms with Crippen molar-refractivity contribution in [3.63, 3.8) is 0 Å². The minimum atomic E-state index is -1.38. The summed E-state index contributed by atoms with van der Waals surface area (Å²) >= 11 is 1.70. The Kier molecular flexibility index (Phi) is 8.66. The van der Waals surface area contributed by atoms with Gasteiger partial charge in [0.2, 0.25) is 5.82 Å². The summed E-state index contributed by atoms with van der Waals surface area (Å²) in [6, 6.07) is 4.21. The van der Waals surface area contributed by atoms with Gasteiger partial charge >= 0.3 is 0 Å². The number of rotatable bonds is 10. The Hall–Kier alpha value is -2.39. The fraction of sp³-hybridized carbons (Fsp3) is 0.267. The molecule has 0 bridgehead atoms. The lowest BCUT2D eigenvalue weighted by Crippen LogP contribution is -2.41. The molecule has 11 nitrogen and oxygen atoms in total. The number of amidine groups is 1. The molecule has 0 saturated carbocycles. The number of anilines is 2. The second-order valence-corrected chi connectivity index (χ2v) is 7.78. The Morgan fingerprint density at radius 3 is 2.86 bits per heavy atom. The smallest absolute Gasteiger partial charge is 0.200 e. The molecular formula is C15H19BrFN7O4S. The molecule has 0 aliphatic heterocycles. The van der Waals surface area contributed by atoms with E-state index >= 15 is 0 Å². The van der Waals surface area contributed by atoms with Gasteiger partial charge in [0, 0.05) is 23.6 Å². The molecular weight excluding hydrogens is 473 g/mol. The summed E-state index contributed by atoms with van der Waals surface area (Å²) in [5, 5.41) is 39.0. The van der Waals surface area contributed by atoms with Gasteiger partial charge < -0.3 is 20.3 Å². The third-order valence-electron chi connectivity index (χ3n) is 3.56. The van der Waals surface area contributed by atoms with Crippen LogP contribution >= 0.6 is 15.9 Å². The van der Waals surface area contributed by atoms with Crippen LogP contribution in [0.1, 0.15) is 5.69 Å². The van der Waals surface area contributed by atoms with Gasteiger partial charge in [-0.05, 0) is 44.4 Å². The summed E-state index contributed by atoms with van der Waals surface area (Å²) in [5.74, 6) is -0.432. The van der Waals surface area contributed by atoms with Crippen LogP contribution in [-0.4, -0.2) is 61.2 Å². The fourth-order valence-electron chi connectivity index (χ4n) is 2.17. The van der Waals surface area contributed by atoms with Crippen LogP contribution in [0.4, 0.5) is 15.9 Å². The number of aromatic nitrogens is 2. The molecule has 29 heavy (non-hydrogen) atoms. The lowest BCUT2D eigenvalue weighted by atomic mass is 10.2. The SMILES string of the molecule is C[S+]([O-])N(CCNc1nonc1/C(=C/O)Nc1ccc(F)c(Br)c1)CC(=N)NO. The summed E-state index contributed by atoms with van der Waals surface area (Å²) in [6.45, 7) is 0.449. The third-order valence-corrected chi connectivity index (χ3v) is 5.20. The number of hydrogen-bond acceptors (Lipinski definition) is 10. The monoisotopic (exact) mass is 491 g/mol. The number of nitrogens with zero attached hydrogens (tertiary/aromatic N) is 3. The average Bonchev–Trinajstić information content (AvgIpc) is 3.16. The van der Waals surface area contributed by atoms with E-state index in [0.717, 1.165) is 6.26 Å². The highest BCUT2D eigenvalue weighted by molar-refractivity contribution is 9.10. The zero-order valence-corrected chi connectivity index (χ0v) is 17.5. The van der Waals surface area contributed by atoms with Gasteiger partial charge in [-0.15, -0.1) is 4.31 Å². The third kappa shape index (κ3) is 6.57. The van der Waals surface area contributed by atoms with E-state index < -0.39 is 17.2 Å². The molecule has 158 valence electrons. The van der Waals surface area contributed by atoms with Gasteiger partial charge in [0.1, 0.15) is 36.4 Å². The van der Waals surface area contributed by atoms with Gasteiger partial charge in [0.05, 0.1) is 11.0 Å². The molecule has 6 N–H and O–H groups in total. The lowest BCUT2D eigenvalue weighted by molar-refractivity contribution is 0.228. The summed E-state index contributed by atoms with van der Waals surface area (Å²) in [4.78, 5) is 0. The topological polar surface area (TPSA) is 166 Å². The second-order valence-electron chi connectivity index (χ2n) is 5.56. The molecule has 2 rings (SSSR count). The number of aliphatic hydroxyl groups excluding tert-OH is 1. The summed E-state index contributed by atoms with van der Waals surface area (Å²) in [5.41, 5.74) is 2.49. The molecule has 0 amide bonds. The van der Waals surface area contributed by atoms with E-state index in [1.165, 1.54) is 28.8 Å². The van der Waals surface area contributed by atoms with E-state index in [4.69, 9.17) is 15.2 Å². The standard InChI is InChI=1S/C15H19BrFN7O4S/c1-29(27)24(7-13(18)21-26)5-4-19-15-14(22-28-23-15)12(8-25)20-9-2-3-11(17)10(16)6-9/h2-3,6,8,20,25-26H,4-5,7H2,1H3,(H2,18,21)(H,19,23)/b12-8-. The molecule has 0 aliphatic rings. The number of halogens is 2. The minimum absolute atomic E-state index is 0.0476. The van der Waals surface area contributed by atoms with Crippen molar-refractivity contribution >= 4 is 50.3 Å². The number of nitrogens with one attached hydrogen (secondary N) is 4. The van der Waals surface area contributed by atoms with Crippen molar-refractivity contribution in [3.8, 4) is 0 Å². The quantitative estimate of drug-likeness (QED) is 0.0948. The van der Waals surface area contributed by atoms with Crippen LogP contribution in [0.25, 0.3) is 5.70 Å². The van der Waals surface area contributed by atoms with Crippen LogP contribution < -0.4 is 16.1 Å². The maximum Gasteiger partial charge on any atom is 0.200 e. The molecule has 1 aromatic carbocycles. The van der Waals surface area contributed by atoms with Crippen molar-refractivity contribution in [2.45, 2.75) is 0 Å². The fourth-order valence-corrected chi connectivity index (χ4v) is 3.21. The van der Waals surface area contributed by atoms with Crippen molar-refractivity contribution in [1.82, 2.24) is 20.1 Å². The van der Waals surface area contributed by atoms with Crippen LogP contribution in [0.3, 0.4) is 0 Å². The largest absolute Gasteiger partial charge is 0.598 e. The minimum Gasteiger partial charge on any atom is -0.598 e. The van der Waals surface area contributed by atoms with Crippen molar-refractivity contribution in [2.24, 2.45) is 0 Å². The Bertz CT molecular complexity index is 867. The first-order valence-corrected chi connectivity index (χ1v) is 10.4. The molecule has 0 saturated heterocycles. The zero-order valence-electron chi connectivity index (χ0n) is 15.1. The average molecular weight is 492 g/mol. The van der Waals surface area contributed by atoms with Crippen molar-refractivity contribution < 1.29 is 23.9 Å². The Morgan fingerprint density at radius 2 is 2.24 bits per heavy atom. The highest BCUT2D eigenvalue weighted by Gasteiger charge is 2.19. The maximum atomic E-state index is 13.4. The van der Waals surface area contributed by atoms with E-state index in [2.05, 4.69) is 36.9 Å². The van der Waals surface area contributed by atoms with Crippen molar-refractivity contribution in [3.05, 3.63) is 40.4 Å². The van der Waals surface area contributed by atoms with Crippen LogP contribution in [0, 0.1) is 11.2 Å². The van der Waals surface area contributed by atoms with E-state index in [9.17, 15) is 14.0 Å². The Morgan fingerprint density at radius 1 is 1.48 bits per heavy atom. The molecule has 2 aromatic rings. The molecule has 1 heterocycles. The molecule has 14 heteroatoms. The number of aliphatic hydroxyl groups is 1. The van der Waals surface area contributed by atoms with Crippen LogP contribution in [0.15, 0.2) is 33.6 Å². The molecule has 1 atom stereocenters. The number of hydroxylamine groups is 1. The van der Waals surface area contributed by atoms with Crippen LogP contribution in [0.2, 0.25) is 0 Å². The molecule has 0 radical (unpaired) electrons. The number of benzene rings is 1. The summed E-state index contributed by atoms with van der Waals surface area (Å²) in [6.07, 6.45) is 2.22. The maximum absolute atomic E-state index is 13.4.